The summed E-state index contributed by atoms with van der Waals surface area (Å²) in [7, 11) is 1.31. The zero-order chi connectivity index (χ0) is 28.6. The van der Waals surface area contributed by atoms with Gasteiger partial charge in [0.25, 0.3) is 17.7 Å². The largest absolute Gasteiger partial charge is 0.482 e. The molecule has 40 heavy (non-hydrogen) atoms. The van der Waals surface area contributed by atoms with Crippen LogP contribution in [0.25, 0.3) is 5.65 Å². The van der Waals surface area contributed by atoms with Gasteiger partial charge < -0.3 is 20.3 Å². The van der Waals surface area contributed by atoms with Crippen molar-refractivity contribution in [2.45, 2.75) is 19.3 Å². The molecule has 0 radical (unpaired) electrons. The lowest BCUT2D eigenvalue weighted by Crippen LogP contribution is -2.30. The normalized spacial score (nSPS) is 12.9. The van der Waals surface area contributed by atoms with Crippen molar-refractivity contribution in [3.63, 3.8) is 0 Å². The molecule has 11 nitrogen and oxygen atoms in total. The second-order valence-electron chi connectivity index (χ2n) is 8.78. The van der Waals surface area contributed by atoms with E-state index in [4.69, 9.17) is 4.74 Å². The van der Waals surface area contributed by atoms with Crippen molar-refractivity contribution in [2.75, 3.05) is 19.0 Å². The number of alkyl halides is 3. The average molecular weight is 557 g/mol. The van der Waals surface area contributed by atoms with E-state index in [0.29, 0.717) is 17.0 Å². The Balaban J connectivity index is 1.36. The monoisotopic (exact) mass is 557 g/mol. The molecule has 0 spiro atoms. The van der Waals surface area contributed by atoms with Crippen LogP contribution in [0.5, 0.6) is 5.75 Å². The summed E-state index contributed by atoms with van der Waals surface area (Å²) in [6, 6.07) is 9.33. The summed E-state index contributed by atoms with van der Waals surface area (Å²) in [6.45, 7) is -0.410. The summed E-state index contributed by atoms with van der Waals surface area (Å²) in [4.78, 5) is 46.3. The van der Waals surface area contributed by atoms with Crippen LogP contribution in [0.15, 0.2) is 48.7 Å². The van der Waals surface area contributed by atoms with Crippen LogP contribution in [-0.4, -0.2) is 55.9 Å². The summed E-state index contributed by atoms with van der Waals surface area (Å²) in [5, 5.41) is 9.08. The summed E-state index contributed by atoms with van der Waals surface area (Å²) < 4.78 is 59.7. The minimum Gasteiger partial charge on any atom is -0.482 e. The number of ether oxygens (including phenoxy) is 1. The first-order chi connectivity index (χ1) is 19.0. The molecule has 2 N–H and O–H groups in total. The number of halogens is 4. The molecule has 1 aliphatic rings. The van der Waals surface area contributed by atoms with Gasteiger partial charge in [-0.1, -0.05) is 12.1 Å². The number of carbonyl (C=O) groups is 3. The number of rotatable bonds is 6. The molecule has 206 valence electrons. The third-order valence-electron chi connectivity index (χ3n) is 5.85. The zero-order valence-corrected chi connectivity index (χ0v) is 20.6. The lowest BCUT2D eigenvalue weighted by atomic mass is 10.1. The van der Waals surface area contributed by atoms with Crippen molar-refractivity contribution in [3.05, 3.63) is 82.8 Å². The molecule has 3 aromatic heterocycles. The van der Waals surface area contributed by atoms with Crippen LogP contribution in [0.1, 0.15) is 37.9 Å². The Morgan fingerprint density at radius 3 is 2.75 bits per heavy atom. The summed E-state index contributed by atoms with van der Waals surface area (Å²) >= 11 is 0. The van der Waals surface area contributed by atoms with Gasteiger partial charge in [0.1, 0.15) is 22.8 Å². The van der Waals surface area contributed by atoms with Gasteiger partial charge in [0.05, 0.1) is 24.1 Å². The van der Waals surface area contributed by atoms with Crippen LogP contribution in [0, 0.1) is 5.82 Å². The van der Waals surface area contributed by atoms with E-state index in [1.165, 1.54) is 19.2 Å². The molecule has 0 bridgehead atoms. The smallest absolute Gasteiger partial charge is 0.433 e. The van der Waals surface area contributed by atoms with E-state index < -0.39 is 35.1 Å². The molecule has 0 saturated heterocycles. The van der Waals surface area contributed by atoms with Crippen molar-refractivity contribution >= 4 is 29.1 Å². The predicted octanol–water partition coefficient (Wildman–Crippen LogP) is 2.82. The van der Waals surface area contributed by atoms with Gasteiger partial charge in [-0.25, -0.2) is 18.9 Å². The Kier molecular flexibility index (Phi) is 6.79. The number of fused-ring (bicyclic) bond motifs is 2. The molecule has 0 saturated carbocycles. The first-order valence-corrected chi connectivity index (χ1v) is 11.7. The number of carbonyl (C=O) groups excluding carboxylic acids is 3. The number of nitrogens with one attached hydrogen (secondary N) is 2. The van der Waals surface area contributed by atoms with Crippen LogP contribution in [-0.2, 0) is 24.1 Å². The molecule has 4 aromatic rings. The Bertz CT molecular complexity index is 1650. The summed E-state index contributed by atoms with van der Waals surface area (Å²) in [5.74, 6) is -2.24. The van der Waals surface area contributed by atoms with E-state index in [-0.39, 0.29) is 42.7 Å². The van der Waals surface area contributed by atoms with E-state index in [2.05, 4.69) is 25.7 Å². The second kappa shape index (κ2) is 10.2. The molecule has 0 unspecified atom stereocenters. The number of amides is 3. The number of benzene rings is 1. The van der Waals surface area contributed by atoms with Gasteiger partial charge >= 0.3 is 6.18 Å². The molecule has 1 aromatic carbocycles. The molecular weight excluding hydrogens is 538 g/mol. The van der Waals surface area contributed by atoms with E-state index in [0.717, 1.165) is 27.7 Å². The lowest BCUT2D eigenvalue weighted by molar-refractivity contribution is -0.141. The first kappa shape index (κ1) is 26.5. The van der Waals surface area contributed by atoms with Crippen LogP contribution in [0.4, 0.5) is 23.2 Å². The molecule has 5 rings (SSSR count). The molecule has 1 aliphatic heterocycles. The van der Waals surface area contributed by atoms with E-state index >= 15 is 0 Å². The Morgan fingerprint density at radius 1 is 1.18 bits per heavy atom. The van der Waals surface area contributed by atoms with E-state index in [1.807, 2.05) is 0 Å². The summed E-state index contributed by atoms with van der Waals surface area (Å²) in [5.41, 5.74) is -1.03. The maximum Gasteiger partial charge on any atom is 0.433 e. The van der Waals surface area contributed by atoms with Crippen molar-refractivity contribution in [1.82, 2.24) is 29.8 Å². The Labute approximate surface area is 222 Å². The maximum absolute atomic E-state index is 14.4. The van der Waals surface area contributed by atoms with Crippen LogP contribution in [0.2, 0.25) is 0 Å². The van der Waals surface area contributed by atoms with E-state index in [9.17, 15) is 31.9 Å². The van der Waals surface area contributed by atoms with Gasteiger partial charge in [-0.05, 0) is 29.8 Å². The molecule has 0 atom stereocenters. The first-order valence-electron chi connectivity index (χ1n) is 11.7. The van der Waals surface area contributed by atoms with Crippen LogP contribution >= 0.6 is 0 Å². The minimum atomic E-state index is -4.66. The number of pyridine rings is 1. The highest BCUT2D eigenvalue weighted by Gasteiger charge is 2.32. The molecular formula is C25H19F4N7O4. The molecule has 3 amide bonds. The third-order valence-corrected chi connectivity index (χ3v) is 5.85. The number of aromatic nitrogens is 4. The number of hydrogen-bond donors (Lipinski definition) is 2. The van der Waals surface area contributed by atoms with Crippen molar-refractivity contribution in [2.24, 2.45) is 0 Å². The zero-order valence-electron chi connectivity index (χ0n) is 20.6. The predicted molar refractivity (Wildman–Crippen MR) is 130 cm³/mol. The fourth-order valence-electron chi connectivity index (χ4n) is 3.95. The highest BCUT2D eigenvalue weighted by atomic mass is 19.4. The molecule has 4 heterocycles. The van der Waals surface area contributed by atoms with Crippen molar-refractivity contribution in [1.29, 1.82) is 0 Å². The minimum absolute atomic E-state index is 0.000978. The number of anilines is 1. The standard InChI is InChI=1S/C25H19F4N7O4/c1-35(11-14-3-2-4-20(32-14)25(27,28)29)24(39)18-8-17(34-22-15(26)10-31-36(18)22)23(38)30-9-13-5-6-19-16(7-13)33-21(37)12-40-19/h2-8,10H,9,11-12H2,1H3,(H,30,38)(H,33,37). The second-order valence-corrected chi connectivity index (χ2v) is 8.78. The van der Waals surface area contributed by atoms with Gasteiger partial charge in [0.15, 0.2) is 18.1 Å². The van der Waals surface area contributed by atoms with Crippen molar-refractivity contribution < 1.29 is 36.7 Å². The molecule has 15 heteroatoms. The Hall–Kier alpha value is -5.08. The highest BCUT2D eigenvalue weighted by Crippen LogP contribution is 2.29. The fourth-order valence-corrected chi connectivity index (χ4v) is 3.95. The van der Waals surface area contributed by atoms with Crippen LogP contribution in [0.3, 0.4) is 0 Å². The van der Waals surface area contributed by atoms with Gasteiger partial charge in [0.2, 0.25) is 0 Å². The fraction of sp³-hybridized carbons (Fsp3) is 0.200. The number of nitrogens with zero attached hydrogens (tertiary/aromatic N) is 5. The van der Waals surface area contributed by atoms with E-state index in [1.54, 1.807) is 18.2 Å². The van der Waals surface area contributed by atoms with Crippen molar-refractivity contribution in [3.8, 4) is 5.75 Å². The number of hydrogen-bond acceptors (Lipinski definition) is 7. The Morgan fingerprint density at radius 2 is 1.98 bits per heavy atom. The lowest BCUT2D eigenvalue weighted by Gasteiger charge is -2.19. The van der Waals surface area contributed by atoms with Gasteiger partial charge in [-0.3, -0.25) is 14.4 Å². The average Bonchev–Trinajstić information content (AvgIpc) is 3.30. The van der Waals surface area contributed by atoms with Gasteiger partial charge in [-0.15, -0.1) is 0 Å². The van der Waals surface area contributed by atoms with Crippen LogP contribution < -0.4 is 15.4 Å². The summed E-state index contributed by atoms with van der Waals surface area (Å²) in [6.07, 6.45) is -3.84. The molecule has 0 fully saturated rings. The quantitative estimate of drug-likeness (QED) is 0.349. The third kappa shape index (κ3) is 5.39. The van der Waals surface area contributed by atoms with Gasteiger partial charge in [0, 0.05) is 19.7 Å². The molecule has 0 aliphatic carbocycles. The maximum atomic E-state index is 14.4. The highest BCUT2D eigenvalue weighted by molar-refractivity contribution is 5.98. The van der Waals surface area contributed by atoms with Gasteiger partial charge in [-0.2, -0.15) is 18.3 Å². The topological polar surface area (TPSA) is 131 Å². The SMILES string of the molecule is CN(Cc1cccc(C(F)(F)F)n1)C(=O)c1cc(C(=O)NCc2ccc3c(c2)NC(=O)CO3)nc2c(F)cnn12.